The van der Waals surface area contributed by atoms with Gasteiger partial charge in [0, 0.05) is 37.4 Å². The van der Waals surface area contributed by atoms with Crippen LogP contribution in [0.15, 0.2) is 70.3 Å². The van der Waals surface area contributed by atoms with Gasteiger partial charge in [-0.3, -0.25) is 13.9 Å². The summed E-state index contributed by atoms with van der Waals surface area (Å²) in [7, 11) is 1.66. The molecule has 0 amide bonds. The number of hydrogen-bond donors (Lipinski definition) is 0. The zero-order valence-electron chi connectivity index (χ0n) is 17.6. The summed E-state index contributed by atoms with van der Waals surface area (Å²) < 4.78 is 4.64. The molecule has 4 aromatic rings. The molecule has 8 heteroatoms. The van der Waals surface area contributed by atoms with Crippen LogP contribution in [0.3, 0.4) is 0 Å². The van der Waals surface area contributed by atoms with E-state index in [9.17, 15) is 9.59 Å². The van der Waals surface area contributed by atoms with Gasteiger partial charge in [-0.05, 0) is 36.2 Å². The number of fused-ring (bicyclic) bond motifs is 3. The quantitative estimate of drug-likeness (QED) is 0.477. The van der Waals surface area contributed by atoms with Crippen LogP contribution in [0.25, 0.3) is 17.2 Å². The maximum Gasteiger partial charge on any atom is 0.332 e. The van der Waals surface area contributed by atoms with Crippen molar-refractivity contribution in [3.05, 3.63) is 92.1 Å². The predicted octanol–water partition coefficient (Wildman–Crippen LogP) is 3.81. The molecule has 5 rings (SSSR count). The van der Waals surface area contributed by atoms with Crippen LogP contribution in [0.1, 0.15) is 12.0 Å². The summed E-state index contributed by atoms with van der Waals surface area (Å²) in [6.07, 6.45) is 4.60. The molecule has 32 heavy (non-hydrogen) atoms. The van der Waals surface area contributed by atoms with E-state index < -0.39 is 0 Å². The number of rotatable bonds is 4. The Morgan fingerprint density at radius 1 is 1.03 bits per heavy atom. The number of anilines is 2. The Morgan fingerprint density at radius 3 is 2.53 bits per heavy atom. The standard InChI is InChI=1S/C24H22ClN5O2/c1-27-21-20(22(31)30(24(27)32)14-5-9-17-7-3-2-4-8-17)29-16-6-15-28(23(29)26-21)19-12-10-18(25)11-13-19/h2-5,7-13H,6,14-16H2,1H3. The molecule has 0 spiro atoms. The molecule has 0 saturated heterocycles. The van der Waals surface area contributed by atoms with Crippen LogP contribution in [-0.2, 0) is 20.1 Å². The topological polar surface area (TPSA) is 65.1 Å². The molecule has 0 saturated carbocycles. The maximum atomic E-state index is 13.4. The van der Waals surface area contributed by atoms with Crippen LogP contribution in [0.5, 0.6) is 0 Å². The number of aryl methyl sites for hydroxylation is 2. The van der Waals surface area contributed by atoms with E-state index in [-0.39, 0.29) is 17.8 Å². The number of benzene rings is 2. The molecule has 1 aliphatic rings. The number of aromatic nitrogens is 4. The lowest BCUT2D eigenvalue weighted by molar-refractivity contribution is 0.598. The van der Waals surface area contributed by atoms with E-state index in [4.69, 9.17) is 16.6 Å². The lowest BCUT2D eigenvalue weighted by Crippen LogP contribution is -2.39. The normalized spacial score (nSPS) is 13.8. The molecule has 2 aromatic carbocycles. The SMILES string of the molecule is Cn1c(=O)n(CC=Cc2ccccc2)c(=O)c2c1nc1n2CCCN1c1ccc(Cl)cc1. The van der Waals surface area contributed by atoms with E-state index in [1.165, 1.54) is 9.13 Å². The molecule has 1 aliphatic heterocycles. The van der Waals surface area contributed by atoms with E-state index in [2.05, 4.69) is 4.90 Å². The van der Waals surface area contributed by atoms with Gasteiger partial charge in [-0.25, -0.2) is 4.79 Å². The van der Waals surface area contributed by atoms with Crippen LogP contribution in [-0.4, -0.2) is 25.2 Å². The maximum absolute atomic E-state index is 13.4. The van der Waals surface area contributed by atoms with Crippen LogP contribution in [0.4, 0.5) is 11.6 Å². The van der Waals surface area contributed by atoms with Crippen molar-refractivity contribution < 1.29 is 0 Å². The molecule has 0 radical (unpaired) electrons. The summed E-state index contributed by atoms with van der Waals surface area (Å²) in [4.78, 5) is 33.1. The van der Waals surface area contributed by atoms with Gasteiger partial charge < -0.3 is 9.47 Å². The first-order valence-corrected chi connectivity index (χ1v) is 10.9. The van der Waals surface area contributed by atoms with Gasteiger partial charge in [-0.2, -0.15) is 4.98 Å². The largest absolute Gasteiger partial charge is 0.332 e. The van der Waals surface area contributed by atoms with Crippen molar-refractivity contribution in [1.29, 1.82) is 0 Å². The van der Waals surface area contributed by atoms with Crippen LogP contribution in [0, 0.1) is 0 Å². The summed E-state index contributed by atoms with van der Waals surface area (Å²) in [6, 6.07) is 17.3. The third-order valence-electron chi connectivity index (χ3n) is 5.75. The van der Waals surface area contributed by atoms with Gasteiger partial charge in [-0.1, -0.05) is 54.1 Å². The van der Waals surface area contributed by atoms with Crippen LogP contribution in [0.2, 0.25) is 5.02 Å². The average Bonchev–Trinajstić information content (AvgIpc) is 3.21. The van der Waals surface area contributed by atoms with Crippen LogP contribution < -0.4 is 16.1 Å². The van der Waals surface area contributed by atoms with Crippen molar-refractivity contribution in [2.24, 2.45) is 7.05 Å². The smallest absolute Gasteiger partial charge is 0.312 e. The summed E-state index contributed by atoms with van der Waals surface area (Å²) in [5.74, 6) is 0.665. The summed E-state index contributed by atoms with van der Waals surface area (Å²) >= 11 is 6.05. The van der Waals surface area contributed by atoms with Gasteiger partial charge in [0.25, 0.3) is 5.56 Å². The highest BCUT2D eigenvalue weighted by atomic mass is 35.5. The number of nitrogens with zero attached hydrogens (tertiary/aromatic N) is 5. The van der Waals surface area contributed by atoms with Crippen molar-refractivity contribution in [2.75, 3.05) is 11.4 Å². The van der Waals surface area contributed by atoms with Gasteiger partial charge in [0.15, 0.2) is 11.2 Å². The first-order valence-electron chi connectivity index (χ1n) is 10.5. The minimum atomic E-state index is -0.381. The van der Waals surface area contributed by atoms with E-state index in [0.717, 1.165) is 24.2 Å². The summed E-state index contributed by atoms with van der Waals surface area (Å²) in [5, 5.41) is 0.660. The molecule has 0 aliphatic carbocycles. The molecule has 7 nitrogen and oxygen atoms in total. The number of imidazole rings is 1. The number of halogens is 1. The minimum Gasteiger partial charge on any atom is -0.312 e. The van der Waals surface area contributed by atoms with Crippen LogP contribution >= 0.6 is 11.6 Å². The second-order valence-corrected chi connectivity index (χ2v) is 8.22. The highest BCUT2D eigenvalue weighted by Gasteiger charge is 2.26. The molecule has 0 unspecified atom stereocenters. The lowest BCUT2D eigenvalue weighted by Gasteiger charge is -2.29. The average molecular weight is 448 g/mol. The number of hydrogen-bond acceptors (Lipinski definition) is 4. The Bertz CT molecular complexity index is 1430. The lowest BCUT2D eigenvalue weighted by atomic mass is 10.2. The first-order chi connectivity index (χ1) is 15.5. The molecule has 0 bridgehead atoms. The molecular formula is C24H22ClN5O2. The molecular weight excluding hydrogens is 426 g/mol. The Morgan fingerprint density at radius 2 is 1.78 bits per heavy atom. The molecule has 2 aromatic heterocycles. The van der Waals surface area contributed by atoms with Crippen molar-refractivity contribution in [1.82, 2.24) is 18.7 Å². The van der Waals surface area contributed by atoms with Crippen molar-refractivity contribution >= 4 is 40.5 Å². The second kappa shape index (κ2) is 8.16. The Labute approximate surface area is 189 Å². The third-order valence-corrected chi connectivity index (χ3v) is 6.01. The molecule has 3 heterocycles. The van der Waals surface area contributed by atoms with Gasteiger partial charge in [-0.15, -0.1) is 0 Å². The summed E-state index contributed by atoms with van der Waals surface area (Å²) in [5.41, 5.74) is 2.11. The predicted molar refractivity (Wildman–Crippen MR) is 128 cm³/mol. The minimum absolute atomic E-state index is 0.192. The molecule has 0 fully saturated rings. The zero-order valence-corrected chi connectivity index (χ0v) is 18.4. The van der Waals surface area contributed by atoms with Gasteiger partial charge in [0.1, 0.15) is 0 Å². The van der Waals surface area contributed by atoms with Gasteiger partial charge in [0.2, 0.25) is 5.95 Å². The monoisotopic (exact) mass is 447 g/mol. The second-order valence-electron chi connectivity index (χ2n) is 7.79. The Kier molecular flexibility index (Phi) is 5.19. The van der Waals surface area contributed by atoms with Gasteiger partial charge in [0.05, 0.1) is 0 Å². The number of allylic oxidation sites excluding steroid dienone is 1. The Balaban J connectivity index is 1.60. The fourth-order valence-electron chi connectivity index (χ4n) is 4.15. The van der Waals surface area contributed by atoms with E-state index >= 15 is 0 Å². The molecule has 0 N–H and O–H groups in total. The van der Waals surface area contributed by atoms with E-state index in [1.54, 1.807) is 7.05 Å². The summed E-state index contributed by atoms with van der Waals surface area (Å²) in [6.45, 7) is 1.63. The van der Waals surface area contributed by atoms with Gasteiger partial charge >= 0.3 is 5.69 Å². The highest BCUT2D eigenvalue weighted by molar-refractivity contribution is 6.30. The third kappa shape index (κ3) is 3.44. The first kappa shape index (κ1) is 20.3. The molecule has 0 atom stereocenters. The fourth-order valence-corrected chi connectivity index (χ4v) is 4.28. The van der Waals surface area contributed by atoms with Crippen molar-refractivity contribution in [3.63, 3.8) is 0 Å². The van der Waals surface area contributed by atoms with E-state index in [0.29, 0.717) is 28.7 Å². The van der Waals surface area contributed by atoms with Crippen molar-refractivity contribution in [3.8, 4) is 0 Å². The zero-order chi connectivity index (χ0) is 22.2. The fraction of sp³-hybridized carbons (Fsp3) is 0.208. The highest BCUT2D eigenvalue weighted by Crippen LogP contribution is 2.31. The molecule has 162 valence electrons. The van der Waals surface area contributed by atoms with Crippen molar-refractivity contribution in [2.45, 2.75) is 19.5 Å². The Hall–Kier alpha value is -3.58. The van der Waals surface area contributed by atoms with E-state index in [1.807, 2.05) is 71.3 Å².